The van der Waals surface area contributed by atoms with E-state index in [4.69, 9.17) is 4.74 Å². The lowest BCUT2D eigenvalue weighted by atomic mass is 9.86. The fourth-order valence-electron chi connectivity index (χ4n) is 2.51. The summed E-state index contributed by atoms with van der Waals surface area (Å²) in [4.78, 5) is 11.8. The SMILES string of the molecule is CCC(C)C(NC1CCC(C)CC1)C(=O)OC. The summed E-state index contributed by atoms with van der Waals surface area (Å²) in [6.45, 7) is 6.54. The Morgan fingerprint density at radius 1 is 1.35 bits per heavy atom. The number of hydrogen-bond acceptors (Lipinski definition) is 3. The lowest BCUT2D eigenvalue weighted by molar-refractivity contribution is -0.144. The molecule has 0 bridgehead atoms. The number of esters is 1. The highest BCUT2D eigenvalue weighted by atomic mass is 16.5. The molecule has 2 unspecified atom stereocenters. The fraction of sp³-hybridized carbons (Fsp3) is 0.929. The lowest BCUT2D eigenvalue weighted by Crippen LogP contribution is -2.48. The maximum Gasteiger partial charge on any atom is 0.323 e. The predicted molar refractivity (Wildman–Crippen MR) is 69.8 cm³/mol. The van der Waals surface area contributed by atoms with Gasteiger partial charge in [0, 0.05) is 6.04 Å². The number of methoxy groups -OCH3 is 1. The Morgan fingerprint density at radius 2 is 1.94 bits per heavy atom. The average molecular weight is 241 g/mol. The molecule has 0 aromatic rings. The lowest BCUT2D eigenvalue weighted by Gasteiger charge is -2.32. The molecule has 1 aliphatic carbocycles. The smallest absolute Gasteiger partial charge is 0.323 e. The van der Waals surface area contributed by atoms with Crippen molar-refractivity contribution in [1.82, 2.24) is 5.32 Å². The van der Waals surface area contributed by atoms with Crippen molar-refractivity contribution in [3.63, 3.8) is 0 Å². The first-order chi connectivity index (χ1) is 8.08. The van der Waals surface area contributed by atoms with Crippen LogP contribution in [0.4, 0.5) is 0 Å². The molecule has 0 saturated heterocycles. The van der Waals surface area contributed by atoms with Crippen molar-refractivity contribution in [2.75, 3.05) is 7.11 Å². The number of hydrogen-bond donors (Lipinski definition) is 1. The summed E-state index contributed by atoms with van der Waals surface area (Å²) in [6, 6.07) is 0.354. The van der Waals surface area contributed by atoms with E-state index in [0.29, 0.717) is 12.0 Å². The fourth-order valence-corrected chi connectivity index (χ4v) is 2.51. The van der Waals surface area contributed by atoms with E-state index in [0.717, 1.165) is 12.3 Å². The number of carbonyl (C=O) groups is 1. The molecule has 100 valence electrons. The van der Waals surface area contributed by atoms with Gasteiger partial charge < -0.3 is 10.1 Å². The third-order valence-electron chi connectivity index (χ3n) is 4.10. The molecular weight excluding hydrogens is 214 g/mol. The van der Waals surface area contributed by atoms with Gasteiger partial charge in [0.25, 0.3) is 0 Å². The van der Waals surface area contributed by atoms with Gasteiger partial charge in [-0.3, -0.25) is 4.79 Å². The second-order valence-corrected chi connectivity index (χ2v) is 5.51. The Bertz CT molecular complexity index is 234. The summed E-state index contributed by atoms with van der Waals surface area (Å²) in [6.07, 6.45) is 5.91. The van der Waals surface area contributed by atoms with E-state index in [2.05, 4.69) is 26.1 Å². The zero-order valence-corrected chi connectivity index (χ0v) is 11.7. The van der Waals surface area contributed by atoms with E-state index < -0.39 is 0 Å². The third-order valence-corrected chi connectivity index (χ3v) is 4.10. The highest BCUT2D eigenvalue weighted by molar-refractivity contribution is 5.76. The molecule has 0 aliphatic heterocycles. The van der Waals surface area contributed by atoms with Gasteiger partial charge >= 0.3 is 5.97 Å². The normalized spacial score (nSPS) is 28.5. The minimum atomic E-state index is -0.136. The minimum absolute atomic E-state index is 0.113. The van der Waals surface area contributed by atoms with Crippen LogP contribution in [-0.4, -0.2) is 25.2 Å². The second kappa shape index (κ2) is 7.00. The van der Waals surface area contributed by atoms with Crippen LogP contribution in [0.25, 0.3) is 0 Å². The molecule has 17 heavy (non-hydrogen) atoms. The topological polar surface area (TPSA) is 38.3 Å². The van der Waals surface area contributed by atoms with E-state index in [1.807, 2.05) is 0 Å². The number of nitrogens with one attached hydrogen (secondary N) is 1. The average Bonchev–Trinajstić information content (AvgIpc) is 2.36. The monoisotopic (exact) mass is 241 g/mol. The van der Waals surface area contributed by atoms with Crippen molar-refractivity contribution < 1.29 is 9.53 Å². The molecule has 1 N–H and O–H groups in total. The van der Waals surface area contributed by atoms with Gasteiger partial charge in [-0.1, -0.05) is 27.2 Å². The summed E-state index contributed by atoms with van der Waals surface area (Å²) >= 11 is 0. The van der Waals surface area contributed by atoms with Gasteiger partial charge in [-0.15, -0.1) is 0 Å². The first-order valence-electron chi connectivity index (χ1n) is 6.92. The maximum absolute atomic E-state index is 11.8. The van der Waals surface area contributed by atoms with Gasteiger partial charge in [0.05, 0.1) is 7.11 Å². The third kappa shape index (κ3) is 4.30. The molecule has 1 fully saturated rings. The summed E-state index contributed by atoms with van der Waals surface area (Å²) in [5, 5.41) is 3.50. The van der Waals surface area contributed by atoms with Crippen molar-refractivity contribution in [3.05, 3.63) is 0 Å². The van der Waals surface area contributed by atoms with Gasteiger partial charge in [0.2, 0.25) is 0 Å². The molecule has 3 heteroatoms. The minimum Gasteiger partial charge on any atom is -0.468 e. The van der Waals surface area contributed by atoms with Crippen LogP contribution in [0.15, 0.2) is 0 Å². The van der Waals surface area contributed by atoms with Crippen molar-refractivity contribution in [1.29, 1.82) is 0 Å². The molecule has 0 spiro atoms. The van der Waals surface area contributed by atoms with Crippen molar-refractivity contribution >= 4 is 5.97 Å². The summed E-state index contributed by atoms with van der Waals surface area (Å²) in [5.74, 6) is 1.06. The van der Waals surface area contributed by atoms with E-state index in [1.54, 1.807) is 0 Å². The zero-order chi connectivity index (χ0) is 12.8. The quantitative estimate of drug-likeness (QED) is 0.752. The molecule has 0 aromatic heterocycles. The molecule has 3 nitrogen and oxygen atoms in total. The Labute approximate surface area is 105 Å². The molecule has 0 amide bonds. The highest BCUT2D eigenvalue weighted by Gasteiger charge is 2.28. The van der Waals surface area contributed by atoms with E-state index in [1.165, 1.54) is 32.8 Å². The van der Waals surface area contributed by atoms with Crippen molar-refractivity contribution in [2.24, 2.45) is 11.8 Å². The van der Waals surface area contributed by atoms with Gasteiger partial charge in [-0.25, -0.2) is 0 Å². The molecule has 1 aliphatic rings. The van der Waals surface area contributed by atoms with E-state index >= 15 is 0 Å². The molecule has 2 atom stereocenters. The van der Waals surface area contributed by atoms with Crippen LogP contribution in [-0.2, 0) is 9.53 Å². The van der Waals surface area contributed by atoms with Crippen LogP contribution in [0.3, 0.4) is 0 Å². The van der Waals surface area contributed by atoms with Gasteiger partial charge in [0.15, 0.2) is 0 Å². The number of rotatable bonds is 5. The zero-order valence-electron chi connectivity index (χ0n) is 11.7. The standard InChI is InChI=1S/C14H27NO2/c1-5-11(3)13(14(16)17-4)15-12-8-6-10(2)7-9-12/h10-13,15H,5-9H2,1-4H3. The Kier molecular flexibility index (Phi) is 5.96. The Hall–Kier alpha value is -0.570. The highest BCUT2D eigenvalue weighted by Crippen LogP contribution is 2.24. The van der Waals surface area contributed by atoms with Crippen LogP contribution in [0, 0.1) is 11.8 Å². The van der Waals surface area contributed by atoms with Crippen molar-refractivity contribution in [2.45, 2.75) is 65.0 Å². The first-order valence-corrected chi connectivity index (χ1v) is 6.92. The van der Waals surface area contributed by atoms with Gasteiger partial charge in [-0.2, -0.15) is 0 Å². The molecular formula is C14H27NO2. The second-order valence-electron chi connectivity index (χ2n) is 5.51. The van der Waals surface area contributed by atoms with E-state index in [9.17, 15) is 4.79 Å². The van der Waals surface area contributed by atoms with E-state index in [-0.39, 0.29) is 12.0 Å². The van der Waals surface area contributed by atoms with Crippen LogP contribution >= 0.6 is 0 Å². The number of carbonyl (C=O) groups excluding carboxylic acids is 1. The Morgan fingerprint density at radius 3 is 2.41 bits per heavy atom. The summed E-state index contributed by atoms with van der Waals surface area (Å²) in [5.41, 5.74) is 0. The summed E-state index contributed by atoms with van der Waals surface area (Å²) < 4.78 is 4.90. The molecule has 1 rings (SSSR count). The summed E-state index contributed by atoms with van der Waals surface area (Å²) in [7, 11) is 1.47. The molecule has 0 radical (unpaired) electrons. The largest absolute Gasteiger partial charge is 0.468 e. The number of ether oxygens (including phenoxy) is 1. The van der Waals surface area contributed by atoms with Crippen LogP contribution in [0.5, 0.6) is 0 Å². The maximum atomic E-state index is 11.8. The van der Waals surface area contributed by atoms with Crippen LogP contribution < -0.4 is 5.32 Å². The van der Waals surface area contributed by atoms with Crippen LogP contribution in [0.2, 0.25) is 0 Å². The first kappa shape index (κ1) is 14.5. The molecule has 0 aromatic carbocycles. The van der Waals surface area contributed by atoms with Gasteiger partial charge in [0.1, 0.15) is 6.04 Å². The Balaban J connectivity index is 2.51. The van der Waals surface area contributed by atoms with Crippen molar-refractivity contribution in [3.8, 4) is 0 Å². The molecule has 1 saturated carbocycles. The molecule has 0 heterocycles. The van der Waals surface area contributed by atoms with Crippen LogP contribution in [0.1, 0.15) is 52.9 Å². The van der Waals surface area contributed by atoms with Gasteiger partial charge in [-0.05, 0) is 37.5 Å². The predicted octanol–water partition coefficient (Wildman–Crippen LogP) is 2.74.